The Balaban J connectivity index is 2.29. The molecular formula is C20H27N. The van der Waals surface area contributed by atoms with Crippen LogP contribution in [0.3, 0.4) is 0 Å². The molecule has 1 heteroatoms. The van der Waals surface area contributed by atoms with E-state index in [0.29, 0.717) is 6.04 Å². The van der Waals surface area contributed by atoms with Crippen LogP contribution < -0.4 is 5.32 Å². The van der Waals surface area contributed by atoms with Gasteiger partial charge >= 0.3 is 0 Å². The van der Waals surface area contributed by atoms with Crippen molar-refractivity contribution in [2.45, 2.75) is 46.6 Å². The summed E-state index contributed by atoms with van der Waals surface area (Å²) in [6.07, 6.45) is 2.21. The van der Waals surface area contributed by atoms with Gasteiger partial charge in [0.1, 0.15) is 0 Å². The zero-order valence-corrected chi connectivity index (χ0v) is 13.7. The van der Waals surface area contributed by atoms with Crippen molar-refractivity contribution in [2.75, 3.05) is 6.54 Å². The highest BCUT2D eigenvalue weighted by atomic mass is 14.9. The Hall–Kier alpha value is -1.60. The molecule has 2 aromatic rings. The maximum Gasteiger partial charge on any atom is 0.0363 e. The predicted octanol–water partition coefficient (Wildman–Crippen LogP) is 4.90. The lowest BCUT2D eigenvalue weighted by Gasteiger charge is -2.22. The zero-order valence-electron chi connectivity index (χ0n) is 13.7. The van der Waals surface area contributed by atoms with Crippen molar-refractivity contribution in [3.63, 3.8) is 0 Å². The van der Waals surface area contributed by atoms with Crippen LogP contribution in [0.1, 0.15) is 47.2 Å². The highest BCUT2D eigenvalue weighted by molar-refractivity contribution is 5.39. The first-order chi connectivity index (χ1) is 10.1. The van der Waals surface area contributed by atoms with Crippen LogP contribution in [0.5, 0.6) is 0 Å². The second-order valence-electron chi connectivity index (χ2n) is 5.99. The molecule has 0 heterocycles. The van der Waals surface area contributed by atoms with E-state index in [0.717, 1.165) is 19.4 Å². The van der Waals surface area contributed by atoms with Crippen LogP contribution in [-0.4, -0.2) is 6.54 Å². The van der Waals surface area contributed by atoms with Crippen molar-refractivity contribution in [2.24, 2.45) is 0 Å². The van der Waals surface area contributed by atoms with Gasteiger partial charge in [0.2, 0.25) is 0 Å². The van der Waals surface area contributed by atoms with Gasteiger partial charge in [0, 0.05) is 6.04 Å². The Morgan fingerprint density at radius 3 is 2.24 bits per heavy atom. The molecule has 0 radical (unpaired) electrons. The van der Waals surface area contributed by atoms with Crippen molar-refractivity contribution in [1.29, 1.82) is 0 Å². The van der Waals surface area contributed by atoms with Crippen molar-refractivity contribution in [3.8, 4) is 0 Å². The standard InChI is InChI=1S/C20H27N/c1-5-11-21-20(14-18-9-7-6-8-10-18)19-13-16(3)15(2)12-17(19)4/h6-10,12-13,20-21H,5,11,14H2,1-4H3. The van der Waals surface area contributed by atoms with Crippen molar-refractivity contribution < 1.29 is 0 Å². The third kappa shape index (κ3) is 4.18. The summed E-state index contributed by atoms with van der Waals surface area (Å²) in [5, 5.41) is 3.72. The Kier molecular flexibility index (Phi) is 5.58. The molecular weight excluding hydrogens is 254 g/mol. The van der Waals surface area contributed by atoms with Gasteiger partial charge < -0.3 is 5.32 Å². The molecule has 0 aliphatic heterocycles. The van der Waals surface area contributed by atoms with E-state index in [-0.39, 0.29) is 0 Å². The van der Waals surface area contributed by atoms with Crippen LogP contribution in [0, 0.1) is 20.8 Å². The van der Waals surface area contributed by atoms with E-state index in [2.05, 4.69) is 75.5 Å². The molecule has 1 unspecified atom stereocenters. The van der Waals surface area contributed by atoms with Gasteiger partial charge in [0.25, 0.3) is 0 Å². The summed E-state index contributed by atoms with van der Waals surface area (Å²) in [6, 6.07) is 15.8. The summed E-state index contributed by atoms with van der Waals surface area (Å²) >= 11 is 0. The molecule has 0 amide bonds. The van der Waals surface area contributed by atoms with E-state index in [9.17, 15) is 0 Å². The molecule has 0 aliphatic carbocycles. The molecule has 0 fully saturated rings. The molecule has 21 heavy (non-hydrogen) atoms. The topological polar surface area (TPSA) is 12.0 Å². The third-order valence-corrected chi connectivity index (χ3v) is 4.18. The molecule has 0 saturated heterocycles. The fourth-order valence-electron chi connectivity index (χ4n) is 2.82. The first-order valence-electron chi connectivity index (χ1n) is 7.97. The maximum absolute atomic E-state index is 3.72. The van der Waals surface area contributed by atoms with Crippen LogP contribution in [-0.2, 0) is 6.42 Å². The SMILES string of the molecule is CCCNC(Cc1ccccc1)c1cc(C)c(C)cc1C. The predicted molar refractivity (Wildman–Crippen MR) is 91.8 cm³/mol. The number of rotatable bonds is 6. The lowest BCUT2D eigenvalue weighted by Crippen LogP contribution is -2.25. The highest BCUT2D eigenvalue weighted by Crippen LogP contribution is 2.25. The lowest BCUT2D eigenvalue weighted by atomic mass is 9.92. The van der Waals surface area contributed by atoms with E-state index in [1.54, 1.807) is 0 Å². The summed E-state index contributed by atoms with van der Waals surface area (Å²) in [6.45, 7) is 9.91. The maximum atomic E-state index is 3.72. The van der Waals surface area contributed by atoms with E-state index in [1.807, 2.05) is 0 Å². The van der Waals surface area contributed by atoms with E-state index < -0.39 is 0 Å². The minimum absolute atomic E-state index is 0.395. The first kappa shape index (κ1) is 15.8. The lowest BCUT2D eigenvalue weighted by molar-refractivity contribution is 0.527. The van der Waals surface area contributed by atoms with Gasteiger partial charge in [-0.05, 0) is 68.0 Å². The summed E-state index contributed by atoms with van der Waals surface area (Å²) in [4.78, 5) is 0. The van der Waals surface area contributed by atoms with Gasteiger partial charge in [-0.1, -0.05) is 49.4 Å². The molecule has 2 aromatic carbocycles. The molecule has 1 nitrogen and oxygen atoms in total. The Bertz CT molecular complexity index is 572. The van der Waals surface area contributed by atoms with Crippen LogP contribution in [0.15, 0.2) is 42.5 Å². The molecule has 0 bridgehead atoms. The average Bonchev–Trinajstić information content (AvgIpc) is 2.48. The van der Waals surface area contributed by atoms with Gasteiger partial charge in [-0.2, -0.15) is 0 Å². The second kappa shape index (κ2) is 7.42. The van der Waals surface area contributed by atoms with Crippen molar-refractivity contribution in [1.82, 2.24) is 5.32 Å². The van der Waals surface area contributed by atoms with Gasteiger partial charge in [0.15, 0.2) is 0 Å². The molecule has 1 N–H and O–H groups in total. The minimum Gasteiger partial charge on any atom is -0.310 e. The zero-order chi connectivity index (χ0) is 15.2. The van der Waals surface area contributed by atoms with E-state index >= 15 is 0 Å². The quantitative estimate of drug-likeness (QED) is 0.794. The van der Waals surface area contributed by atoms with Gasteiger partial charge in [0.05, 0.1) is 0 Å². The Labute approximate surface area is 129 Å². The van der Waals surface area contributed by atoms with Crippen LogP contribution >= 0.6 is 0 Å². The summed E-state index contributed by atoms with van der Waals surface area (Å²) in [5.74, 6) is 0. The number of aryl methyl sites for hydroxylation is 3. The largest absolute Gasteiger partial charge is 0.310 e. The molecule has 1 atom stereocenters. The van der Waals surface area contributed by atoms with E-state index in [4.69, 9.17) is 0 Å². The average molecular weight is 281 g/mol. The van der Waals surface area contributed by atoms with E-state index in [1.165, 1.54) is 27.8 Å². The molecule has 0 spiro atoms. The van der Waals surface area contributed by atoms with Gasteiger partial charge in [-0.15, -0.1) is 0 Å². The second-order valence-corrected chi connectivity index (χ2v) is 5.99. The molecule has 112 valence electrons. The number of benzene rings is 2. The Morgan fingerprint density at radius 1 is 0.905 bits per heavy atom. The summed E-state index contributed by atoms with van der Waals surface area (Å²) in [5.41, 5.74) is 6.99. The smallest absolute Gasteiger partial charge is 0.0363 e. The van der Waals surface area contributed by atoms with Crippen LogP contribution in [0.4, 0.5) is 0 Å². The molecule has 0 saturated carbocycles. The monoisotopic (exact) mass is 281 g/mol. The van der Waals surface area contributed by atoms with Crippen LogP contribution in [0.2, 0.25) is 0 Å². The Morgan fingerprint density at radius 2 is 1.57 bits per heavy atom. The normalized spacial score (nSPS) is 12.4. The van der Waals surface area contributed by atoms with Crippen molar-refractivity contribution in [3.05, 3.63) is 70.3 Å². The fraction of sp³-hybridized carbons (Fsp3) is 0.400. The summed E-state index contributed by atoms with van der Waals surface area (Å²) < 4.78 is 0. The number of hydrogen-bond acceptors (Lipinski definition) is 1. The molecule has 2 rings (SSSR count). The number of nitrogens with one attached hydrogen (secondary N) is 1. The highest BCUT2D eigenvalue weighted by Gasteiger charge is 2.14. The number of hydrogen-bond donors (Lipinski definition) is 1. The van der Waals surface area contributed by atoms with Gasteiger partial charge in [-0.3, -0.25) is 0 Å². The first-order valence-corrected chi connectivity index (χ1v) is 7.97. The summed E-state index contributed by atoms with van der Waals surface area (Å²) in [7, 11) is 0. The van der Waals surface area contributed by atoms with Crippen LogP contribution in [0.25, 0.3) is 0 Å². The third-order valence-electron chi connectivity index (χ3n) is 4.18. The molecule has 0 aliphatic rings. The molecule has 0 aromatic heterocycles. The fourth-order valence-corrected chi connectivity index (χ4v) is 2.82. The minimum atomic E-state index is 0.395. The van der Waals surface area contributed by atoms with Crippen molar-refractivity contribution >= 4 is 0 Å². The van der Waals surface area contributed by atoms with Gasteiger partial charge in [-0.25, -0.2) is 0 Å².